The second-order valence-corrected chi connectivity index (χ2v) is 18.8. The van der Waals surface area contributed by atoms with Gasteiger partial charge in [0.05, 0.1) is 16.8 Å². The number of thiophene rings is 1. The number of para-hydroxylation sites is 1. The fraction of sp³-hybridized carbons (Fsp3) is 0.192. The van der Waals surface area contributed by atoms with Crippen LogP contribution < -0.4 is 4.90 Å². The van der Waals surface area contributed by atoms with Gasteiger partial charge in [-0.05, 0) is 92.9 Å². The van der Waals surface area contributed by atoms with Gasteiger partial charge >= 0.3 is 0 Å². The first-order chi connectivity index (χ1) is 26.4. The molecule has 2 aliphatic carbocycles. The number of hydrogen-bond donors (Lipinski definition) is 0. The molecule has 9 aromatic rings. The molecule has 3 heteroatoms. The molecule has 2 heterocycles. The molecular weight excluding hydrogens is 687 g/mol. The average molecular weight is 730 g/mol. The molecule has 0 saturated heterocycles. The molecule has 2 nitrogen and oxygen atoms in total. The standard InChI is InChI=1S/C52H43NOS/c1-50(2,3)30-22-27-45-36(28-30)34-25-26-39-48(49(34)55-45)47-38(52(39,6)7)17-12-18-42(47)53(41-19-13-21-44-46(41)35-15-9-11-20-43(35)54-44)31-23-24-33-32-14-8-10-16-37(32)51(4,5)40(33)29-31/h8-29H,1-7H3. The predicted octanol–water partition coefficient (Wildman–Crippen LogP) is 15.3. The lowest BCUT2D eigenvalue weighted by molar-refractivity contribution is 0.591. The Morgan fingerprint density at radius 2 is 1.22 bits per heavy atom. The fourth-order valence-corrected chi connectivity index (χ4v) is 11.1. The lowest BCUT2D eigenvalue weighted by Crippen LogP contribution is -2.17. The molecule has 0 N–H and O–H groups in total. The Bertz CT molecular complexity index is 3090. The molecule has 7 aromatic carbocycles. The number of hydrogen-bond acceptors (Lipinski definition) is 3. The highest BCUT2D eigenvalue weighted by atomic mass is 32.1. The van der Waals surface area contributed by atoms with Crippen LogP contribution in [0.5, 0.6) is 0 Å². The number of nitrogens with zero attached hydrogens (tertiary/aromatic N) is 1. The largest absolute Gasteiger partial charge is 0.456 e. The molecule has 2 aliphatic rings. The minimum Gasteiger partial charge on any atom is -0.456 e. The van der Waals surface area contributed by atoms with Crippen LogP contribution in [0.25, 0.3) is 64.4 Å². The maximum Gasteiger partial charge on any atom is 0.137 e. The van der Waals surface area contributed by atoms with E-state index in [0.29, 0.717) is 0 Å². The SMILES string of the molecule is CC(C)(C)c1ccc2sc3c4c(ccc3c2c1)C(C)(C)c1cccc(N(c2ccc3c(c2)C(C)(C)c2ccccc2-3)c2cccc3oc5ccccc5c23)c1-4. The number of anilines is 3. The minimum absolute atomic E-state index is 0.0749. The number of fused-ring (bicyclic) bond motifs is 13. The molecule has 0 radical (unpaired) electrons. The van der Waals surface area contributed by atoms with Crippen LogP contribution >= 0.6 is 11.3 Å². The molecule has 55 heavy (non-hydrogen) atoms. The van der Waals surface area contributed by atoms with E-state index in [2.05, 4.69) is 187 Å². The smallest absolute Gasteiger partial charge is 0.137 e. The van der Waals surface area contributed by atoms with Gasteiger partial charge in [-0.15, -0.1) is 11.3 Å². The third-order valence-corrected chi connectivity index (χ3v) is 14.0. The third-order valence-electron chi connectivity index (χ3n) is 12.8. The lowest BCUT2D eigenvalue weighted by atomic mass is 9.82. The highest BCUT2D eigenvalue weighted by Crippen LogP contribution is 2.59. The molecule has 0 aliphatic heterocycles. The van der Waals surface area contributed by atoms with Crippen molar-refractivity contribution in [2.75, 3.05) is 4.90 Å². The molecule has 0 bridgehead atoms. The van der Waals surface area contributed by atoms with Crippen LogP contribution in [0.4, 0.5) is 17.1 Å². The molecule has 2 aromatic heterocycles. The molecule has 0 amide bonds. The van der Waals surface area contributed by atoms with E-state index in [4.69, 9.17) is 4.42 Å². The van der Waals surface area contributed by atoms with Crippen LogP contribution in [0.3, 0.4) is 0 Å². The summed E-state index contributed by atoms with van der Waals surface area (Å²) in [6.07, 6.45) is 0. The van der Waals surface area contributed by atoms with Crippen LogP contribution in [0.2, 0.25) is 0 Å². The fourth-order valence-electron chi connectivity index (χ4n) is 9.91. The van der Waals surface area contributed by atoms with Gasteiger partial charge < -0.3 is 9.32 Å². The highest BCUT2D eigenvalue weighted by molar-refractivity contribution is 7.26. The highest BCUT2D eigenvalue weighted by Gasteiger charge is 2.41. The van der Waals surface area contributed by atoms with Gasteiger partial charge in [-0.1, -0.05) is 133 Å². The summed E-state index contributed by atoms with van der Waals surface area (Å²) < 4.78 is 9.26. The molecule has 0 unspecified atom stereocenters. The van der Waals surface area contributed by atoms with Crippen LogP contribution in [0.1, 0.15) is 76.3 Å². The van der Waals surface area contributed by atoms with Crippen LogP contribution in [-0.4, -0.2) is 0 Å². The summed E-state index contributed by atoms with van der Waals surface area (Å²) in [5, 5.41) is 4.95. The first kappa shape index (κ1) is 32.8. The first-order valence-electron chi connectivity index (χ1n) is 19.5. The van der Waals surface area contributed by atoms with Gasteiger partial charge in [-0.3, -0.25) is 0 Å². The third kappa shape index (κ3) is 4.42. The van der Waals surface area contributed by atoms with Crippen molar-refractivity contribution in [2.45, 2.75) is 64.7 Å². The van der Waals surface area contributed by atoms with Gasteiger partial charge in [0.1, 0.15) is 11.2 Å². The van der Waals surface area contributed by atoms with E-state index >= 15 is 0 Å². The molecule has 11 rings (SSSR count). The second-order valence-electron chi connectivity index (χ2n) is 17.7. The molecule has 0 fully saturated rings. The van der Waals surface area contributed by atoms with Gasteiger partial charge in [0.25, 0.3) is 0 Å². The number of furan rings is 1. The van der Waals surface area contributed by atoms with E-state index in [1.165, 1.54) is 75.9 Å². The lowest BCUT2D eigenvalue weighted by Gasteiger charge is -2.31. The summed E-state index contributed by atoms with van der Waals surface area (Å²) in [6.45, 7) is 16.5. The Labute approximate surface area is 326 Å². The van der Waals surface area contributed by atoms with Crippen molar-refractivity contribution in [3.8, 4) is 22.3 Å². The summed E-state index contributed by atoms with van der Waals surface area (Å²) >= 11 is 1.94. The molecular formula is C52H43NOS. The maximum atomic E-state index is 6.55. The van der Waals surface area contributed by atoms with Crippen molar-refractivity contribution >= 4 is 70.5 Å². The van der Waals surface area contributed by atoms with Crippen LogP contribution in [0.15, 0.2) is 138 Å². The molecule has 0 atom stereocenters. The Morgan fingerprint density at radius 3 is 2.07 bits per heavy atom. The normalized spacial score (nSPS) is 15.1. The zero-order chi connectivity index (χ0) is 37.6. The Hall–Kier alpha value is -5.64. The second kappa shape index (κ2) is 11.0. The predicted molar refractivity (Wildman–Crippen MR) is 235 cm³/mol. The van der Waals surface area contributed by atoms with E-state index in [9.17, 15) is 0 Å². The summed E-state index contributed by atoms with van der Waals surface area (Å²) in [5.41, 5.74) is 17.2. The summed E-state index contributed by atoms with van der Waals surface area (Å²) in [4.78, 5) is 2.54. The van der Waals surface area contributed by atoms with Crippen molar-refractivity contribution in [3.63, 3.8) is 0 Å². The summed E-state index contributed by atoms with van der Waals surface area (Å²) in [6, 6.07) is 50.0. The monoisotopic (exact) mass is 729 g/mol. The average Bonchev–Trinajstić information content (AvgIpc) is 3.87. The topological polar surface area (TPSA) is 16.4 Å². The zero-order valence-electron chi connectivity index (χ0n) is 32.5. The summed E-state index contributed by atoms with van der Waals surface area (Å²) in [5.74, 6) is 0. The van der Waals surface area contributed by atoms with Crippen molar-refractivity contribution < 1.29 is 4.42 Å². The molecule has 268 valence electrons. The Balaban J connectivity index is 1.24. The van der Waals surface area contributed by atoms with Crippen molar-refractivity contribution in [2.24, 2.45) is 0 Å². The first-order valence-corrected chi connectivity index (χ1v) is 20.3. The number of benzene rings is 7. The van der Waals surface area contributed by atoms with Crippen LogP contribution in [0, 0.1) is 0 Å². The Kier molecular flexibility index (Phi) is 6.54. The van der Waals surface area contributed by atoms with Gasteiger partial charge in [0.2, 0.25) is 0 Å². The van der Waals surface area contributed by atoms with E-state index in [1.54, 1.807) is 0 Å². The van der Waals surface area contributed by atoms with E-state index in [1.807, 2.05) is 11.3 Å². The maximum absolute atomic E-state index is 6.55. The van der Waals surface area contributed by atoms with Gasteiger partial charge in [-0.25, -0.2) is 0 Å². The number of rotatable bonds is 3. The van der Waals surface area contributed by atoms with Crippen molar-refractivity contribution in [1.29, 1.82) is 0 Å². The van der Waals surface area contributed by atoms with E-state index in [0.717, 1.165) is 33.3 Å². The van der Waals surface area contributed by atoms with Gasteiger partial charge in [-0.2, -0.15) is 0 Å². The van der Waals surface area contributed by atoms with Crippen molar-refractivity contribution in [3.05, 3.63) is 161 Å². The summed E-state index contributed by atoms with van der Waals surface area (Å²) in [7, 11) is 0. The van der Waals surface area contributed by atoms with Crippen molar-refractivity contribution in [1.82, 2.24) is 0 Å². The van der Waals surface area contributed by atoms with E-state index < -0.39 is 0 Å². The van der Waals surface area contributed by atoms with Gasteiger partial charge in [0.15, 0.2) is 0 Å². The zero-order valence-corrected chi connectivity index (χ0v) is 33.3. The molecule has 0 spiro atoms. The Morgan fingerprint density at radius 1 is 0.527 bits per heavy atom. The molecule has 0 saturated carbocycles. The van der Waals surface area contributed by atoms with Gasteiger partial charge in [0, 0.05) is 53.2 Å². The quantitative estimate of drug-likeness (QED) is 0.180. The van der Waals surface area contributed by atoms with E-state index in [-0.39, 0.29) is 16.2 Å². The minimum atomic E-state index is -0.177. The van der Waals surface area contributed by atoms with Crippen LogP contribution in [-0.2, 0) is 16.2 Å².